The zero-order valence-corrected chi connectivity index (χ0v) is 16.5. The summed E-state index contributed by atoms with van der Waals surface area (Å²) in [6.45, 7) is 1.65. The van der Waals surface area contributed by atoms with Crippen LogP contribution in [0.3, 0.4) is 0 Å². The highest BCUT2D eigenvalue weighted by Crippen LogP contribution is 2.31. The van der Waals surface area contributed by atoms with Crippen molar-refractivity contribution in [3.05, 3.63) is 76.6 Å². The molecular formula is C20H17ClF3N5O. The molecular weight excluding hydrogens is 419 g/mol. The zero-order valence-electron chi connectivity index (χ0n) is 15.7. The molecule has 0 bridgehead atoms. The number of halogens is 4. The molecule has 6 nitrogen and oxygen atoms in total. The van der Waals surface area contributed by atoms with Crippen LogP contribution in [0.25, 0.3) is 5.69 Å². The molecule has 2 aromatic carbocycles. The molecule has 1 amide bonds. The number of aromatic nitrogens is 2. The first kappa shape index (κ1) is 21.4. The first-order chi connectivity index (χ1) is 14.3. The number of nitrogens with zero attached hydrogens (tertiary/aromatic N) is 3. The molecule has 0 unspecified atom stereocenters. The number of anilines is 1. The molecule has 0 aliphatic carbocycles. The van der Waals surface area contributed by atoms with Crippen LogP contribution in [0.5, 0.6) is 0 Å². The van der Waals surface area contributed by atoms with Crippen molar-refractivity contribution in [2.45, 2.75) is 13.1 Å². The molecule has 3 rings (SSSR count). The number of carbonyl (C=O) groups is 1. The fourth-order valence-electron chi connectivity index (χ4n) is 2.59. The molecule has 0 atom stereocenters. The fourth-order valence-corrected chi connectivity index (χ4v) is 2.91. The van der Waals surface area contributed by atoms with E-state index < -0.39 is 11.7 Å². The summed E-state index contributed by atoms with van der Waals surface area (Å²) in [5.41, 5.74) is 3.32. The topological polar surface area (TPSA) is 71.3 Å². The van der Waals surface area contributed by atoms with E-state index in [2.05, 4.69) is 20.9 Å². The maximum Gasteiger partial charge on any atom is 0.416 e. The summed E-state index contributed by atoms with van der Waals surface area (Å²) in [5, 5.41) is 11.1. The molecule has 0 radical (unpaired) electrons. The van der Waals surface area contributed by atoms with E-state index in [4.69, 9.17) is 11.6 Å². The molecule has 0 spiro atoms. The predicted molar refractivity (Wildman–Crippen MR) is 109 cm³/mol. The number of hydrogen-bond acceptors (Lipinski definition) is 4. The van der Waals surface area contributed by atoms with E-state index >= 15 is 0 Å². The average molecular weight is 436 g/mol. The van der Waals surface area contributed by atoms with Gasteiger partial charge < -0.3 is 5.32 Å². The van der Waals surface area contributed by atoms with Crippen LogP contribution in [-0.2, 0) is 11.0 Å². The van der Waals surface area contributed by atoms with E-state index in [1.807, 2.05) is 30.3 Å². The maximum atomic E-state index is 13.0. The minimum Gasteiger partial charge on any atom is -0.376 e. The predicted octanol–water partition coefficient (Wildman–Crippen LogP) is 4.42. The molecule has 0 fully saturated rings. The van der Waals surface area contributed by atoms with Gasteiger partial charge in [-0.15, -0.1) is 0 Å². The maximum absolute atomic E-state index is 13.0. The molecule has 1 heterocycles. The lowest BCUT2D eigenvalue weighted by Gasteiger charge is -2.09. The highest BCUT2D eigenvalue weighted by Gasteiger charge is 2.30. The van der Waals surface area contributed by atoms with Crippen LogP contribution in [0.4, 0.5) is 18.9 Å². The summed E-state index contributed by atoms with van der Waals surface area (Å²) >= 11 is 6.29. The molecule has 3 aromatic rings. The Morgan fingerprint density at radius 1 is 1.20 bits per heavy atom. The van der Waals surface area contributed by atoms with Gasteiger partial charge in [0.25, 0.3) is 5.91 Å². The Hall–Kier alpha value is -3.33. The van der Waals surface area contributed by atoms with E-state index in [1.54, 1.807) is 6.92 Å². The minimum absolute atomic E-state index is 0.0115. The molecule has 0 aliphatic heterocycles. The van der Waals surface area contributed by atoms with Crippen molar-refractivity contribution in [1.29, 1.82) is 0 Å². The Morgan fingerprint density at radius 2 is 1.93 bits per heavy atom. The van der Waals surface area contributed by atoms with Gasteiger partial charge in [0.15, 0.2) is 0 Å². The van der Waals surface area contributed by atoms with Gasteiger partial charge in [0, 0.05) is 5.69 Å². The third-order valence-electron chi connectivity index (χ3n) is 4.08. The lowest BCUT2D eigenvalue weighted by Crippen LogP contribution is -2.25. The highest BCUT2D eigenvalue weighted by atomic mass is 35.5. The van der Waals surface area contributed by atoms with Crippen LogP contribution >= 0.6 is 11.6 Å². The SMILES string of the molecule is Cc1nn(-c2cccc(C(F)(F)F)c2)c(Cl)c1/C=N/NC(=O)CNc1ccccc1. The number of para-hydroxylation sites is 1. The third kappa shape index (κ3) is 5.18. The van der Waals surface area contributed by atoms with Crippen LogP contribution in [0.2, 0.25) is 5.15 Å². The summed E-state index contributed by atoms with van der Waals surface area (Å²) < 4.78 is 40.0. The van der Waals surface area contributed by atoms with Gasteiger partial charge in [-0.25, -0.2) is 10.1 Å². The summed E-state index contributed by atoms with van der Waals surface area (Å²) in [7, 11) is 0. The molecule has 0 saturated carbocycles. The van der Waals surface area contributed by atoms with Gasteiger partial charge in [-0.1, -0.05) is 35.9 Å². The van der Waals surface area contributed by atoms with E-state index in [9.17, 15) is 18.0 Å². The van der Waals surface area contributed by atoms with E-state index in [1.165, 1.54) is 23.0 Å². The molecule has 2 N–H and O–H groups in total. The van der Waals surface area contributed by atoms with Gasteiger partial charge in [-0.2, -0.15) is 23.4 Å². The Kier molecular flexibility index (Phi) is 6.41. The largest absolute Gasteiger partial charge is 0.416 e. The van der Waals surface area contributed by atoms with Crippen LogP contribution in [0.15, 0.2) is 59.7 Å². The third-order valence-corrected chi connectivity index (χ3v) is 4.44. The Morgan fingerprint density at radius 3 is 2.63 bits per heavy atom. The van der Waals surface area contributed by atoms with E-state index in [0.717, 1.165) is 17.8 Å². The van der Waals surface area contributed by atoms with Crippen molar-refractivity contribution in [3.8, 4) is 5.69 Å². The number of nitrogens with one attached hydrogen (secondary N) is 2. The zero-order chi connectivity index (χ0) is 21.7. The number of hydrazone groups is 1. The van der Waals surface area contributed by atoms with Crippen molar-refractivity contribution in [1.82, 2.24) is 15.2 Å². The molecule has 30 heavy (non-hydrogen) atoms. The lowest BCUT2D eigenvalue weighted by molar-refractivity contribution is -0.137. The lowest BCUT2D eigenvalue weighted by atomic mass is 10.2. The highest BCUT2D eigenvalue weighted by molar-refractivity contribution is 6.32. The van der Waals surface area contributed by atoms with Gasteiger partial charge in [0.05, 0.1) is 35.3 Å². The summed E-state index contributed by atoms with van der Waals surface area (Å²) in [6, 6.07) is 13.8. The summed E-state index contributed by atoms with van der Waals surface area (Å²) in [6.07, 6.45) is -3.18. The second-order valence-corrected chi connectivity index (χ2v) is 6.62. The van der Waals surface area contributed by atoms with Gasteiger partial charge in [0.2, 0.25) is 0 Å². The number of rotatable bonds is 6. The minimum atomic E-state index is -4.48. The van der Waals surface area contributed by atoms with Gasteiger partial charge in [-0.3, -0.25) is 4.79 Å². The van der Waals surface area contributed by atoms with Gasteiger partial charge in [-0.05, 0) is 37.3 Å². The Labute approximate surface area is 175 Å². The van der Waals surface area contributed by atoms with Crippen LogP contribution < -0.4 is 10.7 Å². The first-order valence-electron chi connectivity index (χ1n) is 8.79. The van der Waals surface area contributed by atoms with Crippen molar-refractivity contribution < 1.29 is 18.0 Å². The molecule has 0 aliphatic rings. The number of aryl methyl sites for hydroxylation is 1. The van der Waals surface area contributed by atoms with Crippen molar-refractivity contribution >= 4 is 29.4 Å². The quantitative estimate of drug-likeness (QED) is 0.445. The smallest absolute Gasteiger partial charge is 0.376 e. The summed E-state index contributed by atoms with van der Waals surface area (Å²) in [4.78, 5) is 11.9. The monoisotopic (exact) mass is 435 g/mol. The Bertz CT molecular complexity index is 1060. The van der Waals surface area contributed by atoms with Gasteiger partial charge >= 0.3 is 6.18 Å². The van der Waals surface area contributed by atoms with E-state index in [-0.39, 0.29) is 23.3 Å². The molecule has 10 heteroatoms. The normalized spacial score (nSPS) is 11.6. The number of hydrogen-bond donors (Lipinski definition) is 2. The molecule has 0 saturated heterocycles. The Balaban J connectivity index is 1.69. The van der Waals surface area contributed by atoms with Crippen LogP contribution in [0.1, 0.15) is 16.8 Å². The van der Waals surface area contributed by atoms with Crippen LogP contribution in [0, 0.1) is 6.92 Å². The van der Waals surface area contributed by atoms with Crippen LogP contribution in [-0.4, -0.2) is 28.4 Å². The second-order valence-electron chi connectivity index (χ2n) is 6.26. The number of amides is 1. The number of benzene rings is 2. The van der Waals surface area contributed by atoms with Crippen molar-refractivity contribution in [3.63, 3.8) is 0 Å². The van der Waals surface area contributed by atoms with Gasteiger partial charge in [0.1, 0.15) is 5.15 Å². The number of alkyl halides is 3. The molecule has 156 valence electrons. The fraction of sp³-hybridized carbons (Fsp3) is 0.150. The molecule has 1 aromatic heterocycles. The average Bonchev–Trinajstić information content (AvgIpc) is 3.01. The van der Waals surface area contributed by atoms with E-state index in [0.29, 0.717) is 11.3 Å². The number of carbonyl (C=O) groups excluding carboxylic acids is 1. The van der Waals surface area contributed by atoms with Crippen molar-refractivity contribution in [2.24, 2.45) is 5.10 Å². The first-order valence-corrected chi connectivity index (χ1v) is 9.17. The van der Waals surface area contributed by atoms with Crippen molar-refractivity contribution in [2.75, 3.05) is 11.9 Å². The summed E-state index contributed by atoms with van der Waals surface area (Å²) in [5.74, 6) is -0.380. The standard InChI is InChI=1S/C20H17ClF3N5O/c1-13-17(11-26-27-18(30)12-25-15-7-3-2-4-8-15)19(21)29(28-13)16-9-5-6-14(10-16)20(22,23)24/h2-11,25H,12H2,1H3,(H,27,30)/b26-11+. The second kappa shape index (κ2) is 9.00.